The lowest BCUT2D eigenvalue weighted by Gasteiger charge is -2.25. The van der Waals surface area contributed by atoms with Crippen LogP contribution in [0.2, 0.25) is 0 Å². The predicted octanol–water partition coefficient (Wildman–Crippen LogP) is 1.70. The number of urea groups is 1. The molecule has 0 aromatic rings. The van der Waals surface area contributed by atoms with Crippen molar-refractivity contribution in [3.63, 3.8) is 0 Å². The first kappa shape index (κ1) is 17.6. The van der Waals surface area contributed by atoms with Crippen LogP contribution in [0.15, 0.2) is 0 Å². The minimum atomic E-state index is -3.10. The third-order valence-corrected chi connectivity index (χ3v) is 3.22. The highest BCUT2D eigenvalue weighted by Crippen LogP contribution is 2.26. The standard InChI is InChI=1S/C13H22F2N2O4/c1-2-4-13(14,15)9-10(11(18)19)16-12(20)17-5-3-7-21-8-6-17/h10H,2-9H2,1H3,(H,16,20)(H,18,19). The monoisotopic (exact) mass is 308 g/mol. The van der Waals surface area contributed by atoms with Gasteiger partial charge in [0.1, 0.15) is 6.04 Å². The van der Waals surface area contributed by atoms with E-state index in [2.05, 4.69) is 5.32 Å². The molecule has 0 aromatic carbocycles. The van der Waals surface area contributed by atoms with Crippen molar-refractivity contribution in [2.75, 3.05) is 26.3 Å². The lowest BCUT2D eigenvalue weighted by molar-refractivity contribution is -0.142. The summed E-state index contributed by atoms with van der Waals surface area (Å²) in [5.41, 5.74) is 0. The van der Waals surface area contributed by atoms with Crippen molar-refractivity contribution in [1.82, 2.24) is 10.2 Å². The molecule has 1 rings (SSSR count). The van der Waals surface area contributed by atoms with Gasteiger partial charge < -0.3 is 20.1 Å². The van der Waals surface area contributed by atoms with Crippen LogP contribution in [0, 0.1) is 0 Å². The molecule has 0 spiro atoms. The fourth-order valence-corrected chi connectivity index (χ4v) is 2.16. The summed E-state index contributed by atoms with van der Waals surface area (Å²) < 4.78 is 32.3. The summed E-state index contributed by atoms with van der Waals surface area (Å²) in [5, 5.41) is 11.2. The number of nitrogens with zero attached hydrogens (tertiary/aromatic N) is 1. The highest BCUT2D eigenvalue weighted by atomic mass is 19.3. The number of alkyl halides is 2. The number of aliphatic carboxylic acids is 1. The summed E-state index contributed by atoms with van der Waals surface area (Å²) in [4.78, 5) is 24.4. The highest BCUT2D eigenvalue weighted by molar-refractivity contribution is 5.82. The molecule has 8 heteroatoms. The summed E-state index contributed by atoms with van der Waals surface area (Å²) in [6.07, 6.45) is -0.412. The molecule has 6 nitrogen and oxygen atoms in total. The molecule has 0 aromatic heterocycles. The number of nitrogens with one attached hydrogen (secondary N) is 1. The number of amides is 2. The fraction of sp³-hybridized carbons (Fsp3) is 0.846. The minimum Gasteiger partial charge on any atom is -0.480 e. The SMILES string of the molecule is CCCC(F)(F)CC(NC(=O)N1CCCOCC1)C(=O)O. The van der Waals surface area contributed by atoms with Crippen LogP contribution in [0.4, 0.5) is 13.6 Å². The van der Waals surface area contributed by atoms with Crippen LogP contribution in [-0.2, 0) is 9.53 Å². The predicted molar refractivity (Wildman–Crippen MR) is 71.4 cm³/mol. The van der Waals surface area contributed by atoms with E-state index >= 15 is 0 Å². The van der Waals surface area contributed by atoms with E-state index in [-0.39, 0.29) is 6.42 Å². The zero-order chi connectivity index (χ0) is 15.9. The van der Waals surface area contributed by atoms with Crippen molar-refractivity contribution >= 4 is 12.0 Å². The van der Waals surface area contributed by atoms with Crippen molar-refractivity contribution in [1.29, 1.82) is 0 Å². The molecule has 1 aliphatic rings. The van der Waals surface area contributed by atoms with Crippen LogP contribution in [0.1, 0.15) is 32.6 Å². The highest BCUT2D eigenvalue weighted by Gasteiger charge is 2.36. The minimum absolute atomic E-state index is 0.247. The summed E-state index contributed by atoms with van der Waals surface area (Å²) in [6.45, 7) is 3.23. The molecule has 2 amide bonds. The number of rotatable bonds is 6. The van der Waals surface area contributed by atoms with Crippen molar-refractivity contribution in [2.45, 2.75) is 44.6 Å². The second kappa shape index (κ2) is 8.11. The lowest BCUT2D eigenvalue weighted by Crippen LogP contribution is -2.50. The Bertz CT molecular complexity index is 358. The summed E-state index contributed by atoms with van der Waals surface area (Å²) >= 11 is 0. The van der Waals surface area contributed by atoms with Crippen LogP contribution in [0.25, 0.3) is 0 Å². The van der Waals surface area contributed by atoms with E-state index in [1.165, 1.54) is 4.90 Å². The molecule has 21 heavy (non-hydrogen) atoms. The van der Waals surface area contributed by atoms with E-state index in [9.17, 15) is 18.4 Å². The van der Waals surface area contributed by atoms with Gasteiger partial charge in [-0.25, -0.2) is 18.4 Å². The Labute approximate surface area is 122 Å². The smallest absolute Gasteiger partial charge is 0.326 e. The zero-order valence-electron chi connectivity index (χ0n) is 12.1. The summed E-state index contributed by atoms with van der Waals surface area (Å²) in [7, 11) is 0. The van der Waals surface area contributed by atoms with Crippen molar-refractivity contribution in [3.8, 4) is 0 Å². The number of hydrogen-bond donors (Lipinski definition) is 2. The zero-order valence-corrected chi connectivity index (χ0v) is 12.1. The molecule has 0 bridgehead atoms. The second-order valence-corrected chi connectivity index (χ2v) is 5.10. The van der Waals surface area contributed by atoms with Gasteiger partial charge in [0.15, 0.2) is 0 Å². The first-order valence-corrected chi connectivity index (χ1v) is 7.09. The number of carboxylic acid groups (broad SMARTS) is 1. The molecule has 122 valence electrons. The Hall–Kier alpha value is -1.44. The van der Waals surface area contributed by atoms with Gasteiger partial charge in [0.05, 0.1) is 6.61 Å². The van der Waals surface area contributed by atoms with E-state index < -0.39 is 36.8 Å². The third kappa shape index (κ3) is 6.24. The number of halogens is 2. The van der Waals surface area contributed by atoms with Crippen LogP contribution < -0.4 is 5.32 Å². The average Bonchev–Trinajstić information content (AvgIpc) is 2.66. The number of carboxylic acids is 1. The molecule has 0 saturated carbocycles. The third-order valence-electron chi connectivity index (χ3n) is 3.22. The Balaban J connectivity index is 2.60. The van der Waals surface area contributed by atoms with Gasteiger partial charge >= 0.3 is 12.0 Å². The molecule has 1 fully saturated rings. The van der Waals surface area contributed by atoms with E-state index in [1.54, 1.807) is 6.92 Å². The van der Waals surface area contributed by atoms with E-state index in [0.717, 1.165) is 0 Å². The van der Waals surface area contributed by atoms with E-state index in [1.807, 2.05) is 0 Å². The lowest BCUT2D eigenvalue weighted by atomic mass is 10.0. The fourth-order valence-electron chi connectivity index (χ4n) is 2.16. The number of ether oxygens (including phenoxy) is 1. The Morgan fingerprint density at radius 3 is 2.71 bits per heavy atom. The number of carbonyl (C=O) groups is 2. The van der Waals surface area contributed by atoms with Gasteiger partial charge in [-0.1, -0.05) is 13.3 Å². The van der Waals surface area contributed by atoms with Gasteiger partial charge in [0.25, 0.3) is 5.92 Å². The molecule has 2 N–H and O–H groups in total. The van der Waals surface area contributed by atoms with Crippen molar-refractivity contribution in [2.24, 2.45) is 0 Å². The van der Waals surface area contributed by atoms with Crippen LogP contribution in [-0.4, -0.2) is 60.3 Å². The number of hydrogen-bond acceptors (Lipinski definition) is 3. The topological polar surface area (TPSA) is 78.9 Å². The average molecular weight is 308 g/mol. The second-order valence-electron chi connectivity index (χ2n) is 5.10. The van der Waals surface area contributed by atoms with Crippen LogP contribution in [0.5, 0.6) is 0 Å². The van der Waals surface area contributed by atoms with Gasteiger partial charge in [0.2, 0.25) is 0 Å². The molecule has 1 heterocycles. The van der Waals surface area contributed by atoms with Gasteiger partial charge in [-0.2, -0.15) is 0 Å². The van der Waals surface area contributed by atoms with Gasteiger partial charge in [0, 0.05) is 32.5 Å². The maximum atomic E-state index is 13.5. The summed E-state index contributed by atoms with van der Waals surface area (Å²) in [5.74, 6) is -4.56. The molecule has 0 aliphatic carbocycles. The van der Waals surface area contributed by atoms with Crippen LogP contribution >= 0.6 is 0 Å². The van der Waals surface area contributed by atoms with E-state index in [0.29, 0.717) is 32.7 Å². The maximum absolute atomic E-state index is 13.5. The first-order chi connectivity index (χ1) is 9.85. The molecule has 1 saturated heterocycles. The molecular weight excluding hydrogens is 286 g/mol. The van der Waals surface area contributed by atoms with Crippen molar-refractivity contribution < 1.29 is 28.2 Å². The van der Waals surface area contributed by atoms with Gasteiger partial charge in [-0.05, 0) is 6.42 Å². The molecule has 0 radical (unpaired) electrons. The first-order valence-electron chi connectivity index (χ1n) is 7.09. The Morgan fingerprint density at radius 1 is 1.38 bits per heavy atom. The number of carbonyl (C=O) groups excluding carboxylic acids is 1. The summed E-state index contributed by atoms with van der Waals surface area (Å²) in [6, 6.07) is -2.23. The maximum Gasteiger partial charge on any atom is 0.326 e. The van der Waals surface area contributed by atoms with Crippen molar-refractivity contribution in [3.05, 3.63) is 0 Å². The molecular formula is C13H22F2N2O4. The van der Waals surface area contributed by atoms with Gasteiger partial charge in [-0.15, -0.1) is 0 Å². The largest absolute Gasteiger partial charge is 0.480 e. The Morgan fingerprint density at radius 2 is 2.10 bits per heavy atom. The molecule has 1 atom stereocenters. The normalized spacial score (nSPS) is 18.0. The quantitative estimate of drug-likeness (QED) is 0.783. The Kier molecular flexibility index (Phi) is 6.80. The molecule has 1 aliphatic heterocycles. The van der Waals surface area contributed by atoms with Gasteiger partial charge in [-0.3, -0.25) is 0 Å². The molecule has 1 unspecified atom stereocenters. The van der Waals surface area contributed by atoms with E-state index in [4.69, 9.17) is 9.84 Å². The van der Waals surface area contributed by atoms with Crippen LogP contribution in [0.3, 0.4) is 0 Å².